The van der Waals surface area contributed by atoms with Crippen LogP contribution in [0.4, 0.5) is 0 Å². The Labute approximate surface area is 88.5 Å². The fraction of sp³-hybridized carbons (Fsp3) is 0.818. The van der Waals surface area contributed by atoms with Crippen molar-refractivity contribution in [3.8, 4) is 0 Å². The molecule has 2 bridgehead atoms. The molecule has 4 atom stereocenters. The maximum atomic E-state index is 10.0. The Kier molecular flexibility index (Phi) is 3.10. The van der Waals surface area contributed by atoms with Gasteiger partial charge in [-0.3, -0.25) is 0 Å². The first kappa shape index (κ1) is 10.3. The summed E-state index contributed by atoms with van der Waals surface area (Å²) in [7, 11) is 0. The molecule has 0 amide bonds. The minimum atomic E-state index is 0.563. The topological polar surface area (TPSA) is 58.9 Å². The van der Waals surface area contributed by atoms with E-state index >= 15 is 0 Å². The fourth-order valence-corrected chi connectivity index (χ4v) is 3.27. The van der Waals surface area contributed by atoms with Crippen LogP contribution < -0.4 is 0 Å². The summed E-state index contributed by atoms with van der Waals surface area (Å²) in [5, 5.41) is 0. The molecule has 0 aromatic rings. The Morgan fingerprint density at radius 3 is 1.67 bits per heavy atom. The average molecular weight is 206 g/mol. The lowest BCUT2D eigenvalue weighted by Gasteiger charge is -2.25. The molecule has 0 aliphatic heterocycles. The Balaban J connectivity index is 1.88. The van der Waals surface area contributed by atoms with E-state index < -0.39 is 0 Å². The number of hydrogen-bond acceptors (Lipinski definition) is 4. The van der Waals surface area contributed by atoms with Crippen molar-refractivity contribution in [1.29, 1.82) is 0 Å². The van der Waals surface area contributed by atoms with Crippen LogP contribution in [0.25, 0.3) is 0 Å². The Bertz CT molecular complexity index is 297. The normalized spacial score (nSPS) is 37.1. The third-order valence-electron chi connectivity index (χ3n) is 3.93. The highest BCUT2D eigenvalue weighted by Crippen LogP contribution is 2.51. The van der Waals surface area contributed by atoms with E-state index in [0.29, 0.717) is 36.8 Å². The van der Waals surface area contributed by atoms with E-state index in [0.717, 1.165) is 12.8 Å². The lowest BCUT2D eigenvalue weighted by Crippen LogP contribution is -2.21. The summed E-state index contributed by atoms with van der Waals surface area (Å²) in [6.07, 6.45) is 6.70. The third-order valence-corrected chi connectivity index (χ3v) is 3.93. The van der Waals surface area contributed by atoms with Gasteiger partial charge in [0, 0.05) is 0 Å². The van der Waals surface area contributed by atoms with Crippen molar-refractivity contribution in [3.63, 3.8) is 0 Å². The molecule has 2 rings (SSSR count). The van der Waals surface area contributed by atoms with Crippen LogP contribution in [0.1, 0.15) is 19.3 Å². The highest BCUT2D eigenvalue weighted by molar-refractivity contribution is 5.33. The minimum Gasteiger partial charge on any atom is -0.211 e. The molecule has 4 nitrogen and oxygen atoms in total. The van der Waals surface area contributed by atoms with E-state index in [1.807, 2.05) is 0 Å². The van der Waals surface area contributed by atoms with Gasteiger partial charge in [-0.1, -0.05) is 0 Å². The zero-order chi connectivity index (χ0) is 10.7. The van der Waals surface area contributed by atoms with Gasteiger partial charge >= 0.3 is 0 Å². The molecule has 0 heterocycles. The minimum absolute atomic E-state index is 0.563. The maximum Gasteiger partial charge on any atom is 0.234 e. The van der Waals surface area contributed by atoms with Crippen molar-refractivity contribution < 1.29 is 9.59 Å². The smallest absolute Gasteiger partial charge is 0.211 e. The number of hydrogen-bond donors (Lipinski definition) is 0. The van der Waals surface area contributed by atoms with Gasteiger partial charge in [0.15, 0.2) is 0 Å². The second kappa shape index (κ2) is 4.52. The van der Waals surface area contributed by atoms with E-state index in [4.69, 9.17) is 0 Å². The molecule has 0 N–H and O–H groups in total. The van der Waals surface area contributed by atoms with Crippen LogP contribution in [-0.2, 0) is 9.59 Å². The van der Waals surface area contributed by atoms with Gasteiger partial charge in [-0.2, -0.15) is 0 Å². The molecular formula is C11H14N2O2. The first-order valence-electron chi connectivity index (χ1n) is 5.42. The van der Waals surface area contributed by atoms with E-state index in [1.165, 1.54) is 6.42 Å². The Morgan fingerprint density at radius 1 is 0.867 bits per heavy atom. The molecule has 80 valence electrons. The van der Waals surface area contributed by atoms with Crippen molar-refractivity contribution in [2.24, 2.45) is 33.7 Å². The molecule has 0 unspecified atom stereocenters. The van der Waals surface area contributed by atoms with Gasteiger partial charge in [0.1, 0.15) is 0 Å². The number of isocyanates is 2. The predicted octanol–water partition coefficient (Wildman–Crippen LogP) is 1.32. The first-order chi connectivity index (χ1) is 7.35. The molecular weight excluding hydrogens is 192 g/mol. The van der Waals surface area contributed by atoms with Crippen molar-refractivity contribution in [1.82, 2.24) is 0 Å². The monoisotopic (exact) mass is 206 g/mol. The number of rotatable bonds is 4. The summed E-state index contributed by atoms with van der Waals surface area (Å²) in [5.74, 6) is 2.48. The van der Waals surface area contributed by atoms with E-state index in [2.05, 4.69) is 9.98 Å². The molecule has 0 aromatic carbocycles. The third kappa shape index (κ3) is 2.06. The van der Waals surface area contributed by atoms with Crippen LogP contribution in [0, 0.1) is 23.7 Å². The maximum absolute atomic E-state index is 10.0. The summed E-state index contributed by atoms with van der Waals surface area (Å²) in [5.41, 5.74) is 0. The van der Waals surface area contributed by atoms with E-state index in [1.54, 1.807) is 12.2 Å². The summed E-state index contributed by atoms with van der Waals surface area (Å²) in [6.45, 7) is 1.27. The SMILES string of the molecule is O=C=NC[C@H]1C[C@@H]2C[C@@H]1C[C@@H]2CN=C=O. The molecule has 4 heteroatoms. The van der Waals surface area contributed by atoms with Gasteiger partial charge < -0.3 is 0 Å². The largest absolute Gasteiger partial charge is 0.234 e. The number of fused-ring (bicyclic) bond motifs is 2. The van der Waals surface area contributed by atoms with Gasteiger partial charge in [0.05, 0.1) is 13.1 Å². The van der Waals surface area contributed by atoms with Crippen LogP contribution >= 0.6 is 0 Å². The van der Waals surface area contributed by atoms with Crippen LogP contribution in [0.5, 0.6) is 0 Å². The quantitative estimate of drug-likeness (QED) is 0.514. The number of aliphatic imine (C=N–C) groups is 2. The molecule has 0 aromatic heterocycles. The number of nitrogens with zero attached hydrogens (tertiary/aromatic N) is 2. The van der Waals surface area contributed by atoms with Gasteiger partial charge in [-0.05, 0) is 42.9 Å². The van der Waals surface area contributed by atoms with Crippen molar-refractivity contribution >= 4 is 12.2 Å². The molecule has 2 aliphatic carbocycles. The van der Waals surface area contributed by atoms with Gasteiger partial charge in [-0.25, -0.2) is 19.6 Å². The highest BCUT2D eigenvalue weighted by atomic mass is 16.1. The van der Waals surface area contributed by atoms with Gasteiger partial charge in [0.2, 0.25) is 12.2 Å². The summed E-state index contributed by atoms with van der Waals surface area (Å²) in [4.78, 5) is 27.4. The fourth-order valence-electron chi connectivity index (χ4n) is 3.27. The second-order valence-corrected chi connectivity index (χ2v) is 4.61. The highest BCUT2D eigenvalue weighted by Gasteiger charge is 2.45. The molecule has 15 heavy (non-hydrogen) atoms. The van der Waals surface area contributed by atoms with E-state index in [-0.39, 0.29) is 0 Å². The zero-order valence-corrected chi connectivity index (χ0v) is 8.56. The van der Waals surface area contributed by atoms with Crippen LogP contribution in [0.3, 0.4) is 0 Å². The van der Waals surface area contributed by atoms with Crippen molar-refractivity contribution in [3.05, 3.63) is 0 Å². The summed E-state index contributed by atoms with van der Waals surface area (Å²) < 4.78 is 0. The molecule has 0 radical (unpaired) electrons. The van der Waals surface area contributed by atoms with Crippen molar-refractivity contribution in [2.75, 3.05) is 13.1 Å². The summed E-state index contributed by atoms with van der Waals surface area (Å²) in [6, 6.07) is 0. The van der Waals surface area contributed by atoms with Crippen LogP contribution in [-0.4, -0.2) is 25.2 Å². The molecule has 2 fully saturated rings. The average Bonchev–Trinajstić information content (AvgIpc) is 2.82. The number of carbonyl (C=O) groups excluding carboxylic acids is 2. The van der Waals surface area contributed by atoms with Gasteiger partial charge in [0.25, 0.3) is 0 Å². The van der Waals surface area contributed by atoms with Crippen LogP contribution in [0.2, 0.25) is 0 Å². The molecule has 2 saturated carbocycles. The Hall–Kier alpha value is -1.24. The first-order valence-corrected chi connectivity index (χ1v) is 5.42. The molecule has 0 spiro atoms. The van der Waals surface area contributed by atoms with Crippen LogP contribution in [0.15, 0.2) is 9.98 Å². The standard InChI is InChI=1S/C11H14N2O2/c14-6-12-4-10-2-8-1-9(10)3-11(8)5-13-7-15/h8-11H,1-5H2/t8-,9+,10-,11-/m1/s1. The summed E-state index contributed by atoms with van der Waals surface area (Å²) >= 11 is 0. The molecule has 2 aliphatic rings. The predicted molar refractivity (Wildman–Crippen MR) is 53.8 cm³/mol. The van der Waals surface area contributed by atoms with E-state index in [9.17, 15) is 9.59 Å². The lowest BCUT2D eigenvalue weighted by atomic mass is 9.82. The van der Waals surface area contributed by atoms with Gasteiger partial charge in [-0.15, -0.1) is 0 Å². The lowest BCUT2D eigenvalue weighted by molar-refractivity contribution is 0.267. The Morgan fingerprint density at radius 2 is 1.33 bits per heavy atom. The van der Waals surface area contributed by atoms with Crippen molar-refractivity contribution in [2.45, 2.75) is 19.3 Å². The molecule has 0 saturated heterocycles. The zero-order valence-electron chi connectivity index (χ0n) is 8.56. The second-order valence-electron chi connectivity index (χ2n) is 4.61.